The third-order valence-corrected chi connectivity index (χ3v) is 7.66. The molecule has 1 N–H and O–H groups in total. The van der Waals surface area contributed by atoms with Crippen molar-refractivity contribution < 1.29 is 14.4 Å². The summed E-state index contributed by atoms with van der Waals surface area (Å²) in [4.78, 5) is 41.5. The van der Waals surface area contributed by atoms with Gasteiger partial charge in [0, 0.05) is 4.88 Å². The number of nitrogens with zero attached hydrogens (tertiary/aromatic N) is 2. The average Bonchev–Trinajstić information content (AvgIpc) is 3.10. The van der Waals surface area contributed by atoms with Crippen molar-refractivity contribution >= 4 is 45.8 Å². The van der Waals surface area contributed by atoms with Gasteiger partial charge in [-0.05, 0) is 61.8 Å². The van der Waals surface area contributed by atoms with Gasteiger partial charge in [-0.15, -0.1) is 11.3 Å². The Bertz CT molecular complexity index is 1050. The number of fused-ring (bicyclic) bond motifs is 2. The van der Waals surface area contributed by atoms with E-state index in [0.29, 0.717) is 33.9 Å². The van der Waals surface area contributed by atoms with Crippen molar-refractivity contribution in [3.63, 3.8) is 0 Å². The molecule has 1 aliphatic carbocycles. The Hall–Kier alpha value is -2.63. The lowest BCUT2D eigenvalue weighted by atomic mass is 10.1. The van der Waals surface area contributed by atoms with Crippen LogP contribution >= 0.6 is 23.1 Å². The first-order chi connectivity index (χ1) is 15.1. The number of thioether (sulfide) groups is 1. The molecule has 0 bridgehead atoms. The molecule has 160 valence electrons. The highest BCUT2D eigenvalue weighted by Gasteiger charge is 2.42. The normalized spacial score (nSPS) is 16.3. The Morgan fingerprint density at radius 2 is 1.87 bits per heavy atom. The minimum absolute atomic E-state index is 0.329. The number of carbonyl (C=O) groups is 3. The van der Waals surface area contributed by atoms with E-state index >= 15 is 0 Å². The van der Waals surface area contributed by atoms with Crippen molar-refractivity contribution in [2.24, 2.45) is 0 Å². The predicted octanol–water partition coefficient (Wildman–Crippen LogP) is 4.25. The summed E-state index contributed by atoms with van der Waals surface area (Å²) in [6.07, 6.45) is 7.30. The molecule has 4 rings (SSSR count). The molecule has 1 aliphatic heterocycles. The summed E-state index contributed by atoms with van der Waals surface area (Å²) in [7, 11) is 0. The van der Waals surface area contributed by atoms with Crippen LogP contribution in [0.5, 0.6) is 0 Å². The predicted molar refractivity (Wildman–Crippen MR) is 123 cm³/mol. The van der Waals surface area contributed by atoms with Gasteiger partial charge in [-0.1, -0.05) is 18.6 Å². The van der Waals surface area contributed by atoms with Crippen LogP contribution in [0.2, 0.25) is 0 Å². The zero-order valence-electron chi connectivity index (χ0n) is 17.3. The minimum Gasteiger partial charge on any atom is -0.315 e. The van der Waals surface area contributed by atoms with Crippen LogP contribution in [-0.2, 0) is 17.6 Å². The molecule has 2 heterocycles. The molecule has 0 saturated heterocycles. The van der Waals surface area contributed by atoms with E-state index in [4.69, 9.17) is 0 Å². The van der Waals surface area contributed by atoms with Crippen LogP contribution in [0, 0.1) is 11.3 Å². The molecule has 2 aromatic rings. The summed E-state index contributed by atoms with van der Waals surface area (Å²) in [6, 6.07) is 7.99. The number of thiophene rings is 1. The van der Waals surface area contributed by atoms with E-state index in [2.05, 4.69) is 11.4 Å². The zero-order valence-corrected chi connectivity index (χ0v) is 18.9. The third kappa shape index (κ3) is 4.00. The van der Waals surface area contributed by atoms with Gasteiger partial charge in [0.15, 0.2) is 0 Å². The van der Waals surface area contributed by atoms with Gasteiger partial charge < -0.3 is 5.32 Å². The lowest BCUT2D eigenvalue weighted by molar-refractivity contribution is -0.120. The summed E-state index contributed by atoms with van der Waals surface area (Å²) >= 11 is 3.00. The number of benzene rings is 1. The number of amides is 3. The number of carbonyl (C=O) groups excluding carboxylic acids is 3. The maximum absolute atomic E-state index is 13.3. The Morgan fingerprint density at radius 1 is 1.19 bits per heavy atom. The second kappa shape index (κ2) is 9.25. The van der Waals surface area contributed by atoms with Crippen molar-refractivity contribution in [1.82, 2.24) is 4.90 Å². The Labute approximate surface area is 189 Å². The molecule has 2 aliphatic rings. The highest BCUT2D eigenvalue weighted by atomic mass is 32.2. The molecule has 8 heteroatoms. The quantitative estimate of drug-likeness (QED) is 0.522. The van der Waals surface area contributed by atoms with E-state index < -0.39 is 23.8 Å². The van der Waals surface area contributed by atoms with Gasteiger partial charge in [-0.3, -0.25) is 19.3 Å². The second-order valence-electron chi connectivity index (χ2n) is 7.69. The van der Waals surface area contributed by atoms with E-state index in [1.54, 1.807) is 36.0 Å². The van der Waals surface area contributed by atoms with Crippen molar-refractivity contribution in [1.29, 1.82) is 5.26 Å². The minimum atomic E-state index is -0.923. The maximum atomic E-state index is 13.3. The van der Waals surface area contributed by atoms with Gasteiger partial charge in [0.1, 0.15) is 17.1 Å². The number of aryl methyl sites for hydroxylation is 1. The first kappa shape index (κ1) is 21.6. The number of anilines is 1. The van der Waals surface area contributed by atoms with Crippen LogP contribution in [0.1, 0.15) is 62.4 Å². The van der Waals surface area contributed by atoms with Gasteiger partial charge in [-0.25, -0.2) is 0 Å². The first-order valence-electron chi connectivity index (χ1n) is 10.4. The number of nitriles is 1. The van der Waals surface area contributed by atoms with Crippen LogP contribution in [0.15, 0.2) is 24.3 Å². The van der Waals surface area contributed by atoms with Crippen LogP contribution in [0.4, 0.5) is 5.00 Å². The lowest BCUT2D eigenvalue weighted by Crippen LogP contribution is -2.47. The number of hydrogen-bond acceptors (Lipinski definition) is 6. The van der Waals surface area contributed by atoms with Crippen molar-refractivity contribution in [2.75, 3.05) is 17.3 Å². The summed E-state index contributed by atoms with van der Waals surface area (Å²) in [5.74, 6) is -0.678. The van der Waals surface area contributed by atoms with Crippen LogP contribution in [0.25, 0.3) is 0 Å². The maximum Gasteiger partial charge on any atom is 0.262 e. The SMILES string of the molecule is CSCC[C@@H](C(=O)Nc1sc2c(c1C#N)CCCCC2)N1C(=O)c2ccccc2C1=O. The smallest absolute Gasteiger partial charge is 0.262 e. The Balaban J connectivity index is 1.63. The highest BCUT2D eigenvalue weighted by Crippen LogP contribution is 2.37. The monoisotopic (exact) mass is 453 g/mol. The molecule has 31 heavy (non-hydrogen) atoms. The molecule has 6 nitrogen and oxygen atoms in total. The molecule has 1 atom stereocenters. The average molecular weight is 454 g/mol. The molecule has 1 aromatic carbocycles. The fourth-order valence-electron chi connectivity index (χ4n) is 4.24. The molecule has 0 unspecified atom stereocenters. The number of rotatable bonds is 6. The first-order valence-corrected chi connectivity index (χ1v) is 12.6. The molecule has 1 aromatic heterocycles. The summed E-state index contributed by atoms with van der Waals surface area (Å²) in [5.41, 5.74) is 2.23. The fraction of sp³-hybridized carbons (Fsp3) is 0.391. The second-order valence-corrected chi connectivity index (χ2v) is 9.78. The number of hydrogen-bond donors (Lipinski definition) is 1. The molecule has 0 saturated carbocycles. The van der Waals surface area contributed by atoms with Crippen LogP contribution in [-0.4, -0.2) is 40.7 Å². The molecule has 0 fully saturated rings. The third-order valence-electron chi connectivity index (χ3n) is 5.81. The molecule has 0 spiro atoms. The fourth-order valence-corrected chi connectivity index (χ4v) is 5.94. The van der Waals surface area contributed by atoms with Gasteiger partial charge in [0.2, 0.25) is 5.91 Å². The Kier molecular flexibility index (Phi) is 6.44. The molecule has 3 amide bonds. The van der Waals surface area contributed by atoms with Gasteiger partial charge in [0.05, 0.1) is 16.7 Å². The zero-order chi connectivity index (χ0) is 22.0. The summed E-state index contributed by atoms with van der Waals surface area (Å²) in [5, 5.41) is 13.2. The summed E-state index contributed by atoms with van der Waals surface area (Å²) in [6.45, 7) is 0. The standard InChI is InChI=1S/C23H23N3O3S2/c1-30-12-11-18(26-22(28)15-8-5-6-9-16(15)23(26)29)20(27)25-21-17(13-24)14-7-3-2-4-10-19(14)31-21/h5-6,8-9,18H,2-4,7,10-12H2,1H3,(H,25,27)/t18-/m0/s1. The van der Waals surface area contributed by atoms with Gasteiger partial charge in [-0.2, -0.15) is 17.0 Å². The van der Waals surface area contributed by atoms with E-state index in [1.165, 1.54) is 11.3 Å². The Morgan fingerprint density at radius 3 is 2.52 bits per heavy atom. The lowest BCUT2D eigenvalue weighted by Gasteiger charge is -2.25. The number of imide groups is 1. The topological polar surface area (TPSA) is 90.3 Å². The van der Waals surface area contributed by atoms with E-state index in [0.717, 1.165) is 47.4 Å². The van der Waals surface area contributed by atoms with E-state index in [9.17, 15) is 19.6 Å². The van der Waals surface area contributed by atoms with Crippen molar-refractivity contribution in [3.05, 3.63) is 51.4 Å². The molecule has 0 radical (unpaired) electrons. The highest BCUT2D eigenvalue weighted by molar-refractivity contribution is 7.98. The largest absolute Gasteiger partial charge is 0.315 e. The molecular weight excluding hydrogens is 430 g/mol. The van der Waals surface area contributed by atoms with E-state index in [-0.39, 0.29) is 0 Å². The van der Waals surface area contributed by atoms with Crippen molar-refractivity contribution in [3.8, 4) is 6.07 Å². The van der Waals surface area contributed by atoms with Crippen LogP contribution < -0.4 is 5.32 Å². The summed E-state index contributed by atoms with van der Waals surface area (Å²) < 4.78 is 0. The van der Waals surface area contributed by atoms with Crippen LogP contribution in [0.3, 0.4) is 0 Å². The van der Waals surface area contributed by atoms with E-state index in [1.807, 2.05) is 6.26 Å². The van der Waals surface area contributed by atoms with Gasteiger partial charge >= 0.3 is 0 Å². The van der Waals surface area contributed by atoms with Gasteiger partial charge in [0.25, 0.3) is 11.8 Å². The molecular formula is C23H23N3O3S2. The van der Waals surface area contributed by atoms with Crippen molar-refractivity contribution in [2.45, 2.75) is 44.6 Å². The number of nitrogens with one attached hydrogen (secondary N) is 1.